The molecule has 3 nitrogen and oxygen atoms in total. The Morgan fingerprint density at radius 1 is 1.39 bits per heavy atom. The molecule has 3 heteroatoms. The summed E-state index contributed by atoms with van der Waals surface area (Å²) in [6.45, 7) is 6.02. The molecule has 4 atom stereocenters. The number of hydrogen-bond acceptors (Lipinski definition) is 3. The molecule has 0 bridgehead atoms. The summed E-state index contributed by atoms with van der Waals surface area (Å²) in [4.78, 5) is 23.5. The predicted molar refractivity (Wildman–Crippen MR) is 66.7 cm³/mol. The third-order valence-corrected chi connectivity index (χ3v) is 5.02. The van der Waals surface area contributed by atoms with Crippen LogP contribution >= 0.6 is 0 Å². The van der Waals surface area contributed by atoms with E-state index in [9.17, 15) is 9.59 Å². The van der Waals surface area contributed by atoms with Gasteiger partial charge in [0.25, 0.3) is 0 Å². The number of carbonyl (C=O) groups is 2. The van der Waals surface area contributed by atoms with Crippen molar-refractivity contribution in [1.29, 1.82) is 0 Å². The molecule has 0 spiro atoms. The van der Waals surface area contributed by atoms with Crippen molar-refractivity contribution < 1.29 is 14.3 Å². The summed E-state index contributed by atoms with van der Waals surface area (Å²) >= 11 is 0. The molecule has 96 valence electrons. The lowest BCUT2D eigenvalue weighted by molar-refractivity contribution is -0.142. The van der Waals surface area contributed by atoms with E-state index in [-0.39, 0.29) is 29.2 Å². The predicted octanol–water partition coefficient (Wildman–Crippen LogP) is 2.42. The normalized spacial score (nSPS) is 42.7. The Morgan fingerprint density at radius 3 is 2.83 bits per heavy atom. The molecule has 0 N–H and O–H groups in total. The Kier molecular flexibility index (Phi) is 2.31. The van der Waals surface area contributed by atoms with Crippen LogP contribution in [0.2, 0.25) is 0 Å². The van der Waals surface area contributed by atoms with Gasteiger partial charge < -0.3 is 4.74 Å². The fraction of sp³-hybridized carbons (Fsp3) is 0.600. The maximum atomic E-state index is 11.8. The van der Waals surface area contributed by atoms with Crippen LogP contribution in [0, 0.1) is 17.3 Å². The standard InChI is InChI=1S/C15H18O3/c1-8-10-6-11-9(2)12(16)4-5-15(11,3)7-13(10)18-14(8)17/h4-5,9,11,13H,6-7H2,1-3H3. The van der Waals surface area contributed by atoms with Crippen LogP contribution < -0.4 is 0 Å². The molecule has 0 amide bonds. The van der Waals surface area contributed by atoms with Gasteiger partial charge in [0.05, 0.1) is 0 Å². The van der Waals surface area contributed by atoms with E-state index in [4.69, 9.17) is 4.74 Å². The number of ketones is 1. The summed E-state index contributed by atoms with van der Waals surface area (Å²) in [6, 6.07) is 0. The van der Waals surface area contributed by atoms with E-state index in [0.717, 1.165) is 24.0 Å². The second kappa shape index (κ2) is 3.56. The topological polar surface area (TPSA) is 43.4 Å². The third kappa shape index (κ3) is 1.43. The first-order chi connectivity index (χ1) is 8.42. The highest BCUT2D eigenvalue weighted by molar-refractivity contribution is 5.94. The summed E-state index contributed by atoms with van der Waals surface area (Å²) in [5, 5.41) is 0. The third-order valence-electron chi connectivity index (χ3n) is 5.02. The Morgan fingerprint density at radius 2 is 2.11 bits per heavy atom. The number of carbonyl (C=O) groups excluding carboxylic acids is 2. The van der Waals surface area contributed by atoms with E-state index >= 15 is 0 Å². The van der Waals surface area contributed by atoms with Crippen LogP contribution in [0.15, 0.2) is 23.3 Å². The van der Waals surface area contributed by atoms with Crippen molar-refractivity contribution in [2.45, 2.75) is 39.7 Å². The minimum Gasteiger partial charge on any atom is -0.454 e. The molecular formula is C15H18O3. The first kappa shape index (κ1) is 11.7. The fourth-order valence-corrected chi connectivity index (χ4v) is 3.69. The quantitative estimate of drug-likeness (QED) is 0.616. The van der Waals surface area contributed by atoms with E-state index in [1.807, 2.05) is 19.9 Å². The van der Waals surface area contributed by atoms with Crippen LogP contribution in [0.25, 0.3) is 0 Å². The van der Waals surface area contributed by atoms with E-state index in [1.165, 1.54) is 0 Å². The van der Waals surface area contributed by atoms with Gasteiger partial charge >= 0.3 is 5.97 Å². The van der Waals surface area contributed by atoms with Gasteiger partial charge in [-0.3, -0.25) is 4.79 Å². The van der Waals surface area contributed by atoms with E-state index < -0.39 is 0 Å². The highest BCUT2D eigenvalue weighted by Crippen LogP contribution is 2.52. The van der Waals surface area contributed by atoms with Gasteiger partial charge in [0.1, 0.15) is 6.10 Å². The number of hydrogen-bond donors (Lipinski definition) is 0. The van der Waals surface area contributed by atoms with Gasteiger partial charge in [0.2, 0.25) is 0 Å². The number of rotatable bonds is 0. The van der Waals surface area contributed by atoms with Crippen molar-refractivity contribution in [2.24, 2.45) is 17.3 Å². The van der Waals surface area contributed by atoms with Crippen molar-refractivity contribution in [3.63, 3.8) is 0 Å². The highest BCUT2D eigenvalue weighted by atomic mass is 16.5. The van der Waals surface area contributed by atoms with Crippen LogP contribution in [-0.2, 0) is 14.3 Å². The number of esters is 1. The van der Waals surface area contributed by atoms with Gasteiger partial charge in [-0.2, -0.15) is 0 Å². The molecule has 0 aromatic carbocycles. The van der Waals surface area contributed by atoms with Crippen molar-refractivity contribution in [1.82, 2.24) is 0 Å². The zero-order valence-electron chi connectivity index (χ0n) is 11.0. The number of allylic oxidation sites excluding steroid dienone is 2. The minimum absolute atomic E-state index is 0.0214. The molecule has 1 aliphatic heterocycles. The molecule has 0 saturated heterocycles. The lowest BCUT2D eigenvalue weighted by Gasteiger charge is -2.46. The van der Waals surface area contributed by atoms with Crippen molar-refractivity contribution in [3.05, 3.63) is 23.3 Å². The van der Waals surface area contributed by atoms with Gasteiger partial charge in [0.15, 0.2) is 5.78 Å². The molecular weight excluding hydrogens is 228 g/mol. The van der Waals surface area contributed by atoms with Gasteiger partial charge in [-0.1, -0.05) is 19.9 Å². The first-order valence-electron chi connectivity index (χ1n) is 6.56. The Labute approximate surface area is 107 Å². The highest BCUT2D eigenvalue weighted by Gasteiger charge is 2.50. The Balaban J connectivity index is 2.02. The van der Waals surface area contributed by atoms with Crippen LogP contribution in [0.4, 0.5) is 0 Å². The van der Waals surface area contributed by atoms with Gasteiger partial charge in [-0.05, 0) is 42.7 Å². The molecule has 1 heterocycles. The average molecular weight is 246 g/mol. The summed E-state index contributed by atoms with van der Waals surface area (Å²) in [5.41, 5.74) is 1.86. The number of ether oxygens (including phenoxy) is 1. The Bertz CT molecular complexity index is 500. The lowest BCUT2D eigenvalue weighted by Crippen LogP contribution is -2.44. The molecule has 3 aliphatic rings. The second-order valence-electron chi connectivity index (χ2n) is 6.09. The zero-order valence-corrected chi connectivity index (χ0v) is 11.0. The van der Waals surface area contributed by atoms with E-state index in [2.05, 4.69) is 6.92 Å². The summed E-state index contributed by atoms with van der Waals surface area (Å²) in [6.07, 6.45) is 5.29. The van der Waals surface area contributed by atoms with E-state index in [0.29, 0.717) is 5.92 Å². The minimum atomic E-state index is -0.180. The van der Waals surface area contributed by atoms with Crippen LogP contribution in [0.1, 0.15) is 33.6 Å². The molecule has 2 aliphatic carbocycles. The summed E-state index contributed by atoms with van der Waals surface area (Å²) in [5.74, 6) is 0.363. The fourth-order valence-electron chi connectivity index (χ4n) is 3.69. The summed E-state index contributed by atoms with van der Waals surface area (Å²) in [7, 11) is 0. The second-order valence-corrected chi connectivity index (χ2v) is 6.09. The molecule has 3 rings (SSSR count). The maximum Gasteiger partial charge on any atom is 0.334 e. The lowest BCUT2D eigenvalue weighted by atomic mass is 9.58. The van der Waals surface area contributed by atoms with Crippen molar-refractivity contribution in [3.8, 4) is 0 Å². The average Bonchev–Trinajstić information content (AvgIpc) is 2.58. The summed E-state index contributed by atoms with van der Waals surface area (Å²) < 4.78 is 5.42. The van der Waals surface area contributed by atoms with E-state index in [1.54, 1.807) is 6.08 Å². The number of fused-ring (bicyclic) bond motifs is 2. The molecule has 0 aromatic rings. The van der Waals surface area contributed by atoms with Gasteiger partial charge in [-0.15, -0.1) is 0 Å². The van der Waals surface area contributed by atoms with Crippen LogP contribution in [0.3, 0.4) is 0 Å². The van der Waals surface area contributed by atoms with Crippen LogP contribution in [-0.4, -0.2) is 17.9 Å². The zero-order chi connectivity index (χ0) is 13.1. The van der Waals surface area contributed by atoms with Crippen LogP contribution in [0.5, 0.6) is 0 Å². The first-order valence-corrected chi connectivity index (χ1v) is 6.56. The molecule has 18 heavy (non-hydrogen) atoms. The molecule has 4 unspecified atom stereocenters. The van der Waals surface area contributed by atoms with Crippen molar-refractivity contribution >= 4 is 11.8 Å². The smallest absolute Gasteiger partial charge is 0.334 e. The maximum absolute atomic E-state index is 11.8. The molecule has 1 fully saturated rings. The largest absolute Gasteiger partial charge is 0.454 e. The molecule has 1 saturated carbocycles. The van der Waals surface area contributed by atoms with Gasteiger partial charge in [-0.25, -0.2) is 4.79 Å². The monoisotopic (exact) mass is 246 g/mol. The van der Waals surface area contributed by atoms with Crippen molar-refractivity contribution in [2.75, 3.05) is 0 Å². The molecule has 0 radical (unpaired) electrons. The molecule has 0 aromatic heterocycles. The SMILES string of the molecule is CC1=C2CC3C(C)C(=O)C=CC3(C)CC2OC1=O. The Hall–Kier alpha value is -1.38. The van der Waals surface area contributed by atoms with Gasteiger partial charge in [0, 0.05) is 11.5 Å².